The van der Waals surface area contributed by atoms with E-state index in [1.165, 1.54) is 6.07 Å². The molecule has 2 aromatic rings. The van der Waals surface area contributed by atoms with Crippen LogP contribution in [0.3, 0.4) is 0 Å². The predicted molar refractivity (Wildman–Crippen MR) is 83.7 cm³/mol. The van der Waals surface area contributed by atoms with Crippen LogP contribution < -0.4 is 5.32 Å². The van der Waals surface area contributed by atoms with Gasteiger partial charge in [0.1, 0.15) is 0 Å². The molecule has 0 unspecified atom stereocenters. The molecule has 0 aromatic heterocycles. The Bertz CT molecular complexity index is 634. The van der Waals surface area contributed by atoms with Crippen LogP contribution in [0, 0.1) is 10.1 Å². The molecule has 104 valence electrons. The SMILES string of the molecule is CSc1cccc(NCc2ccc(Cl)cc2[N+](=O)[O-])c1. The zero-order valence-corrected chi connectivity index (χ0v) is 12.4. The van der Waals surface area contributed by atoms with Crippen LogP contribution >= 0.6 is 23.4 Å². The molecule has 0 saturated heterocycles. The molecule has 0 spiro atoms. The molecule has 0 atom stereocenters. The Kier molecular flexibility index (Phi) is 4.87. The average Bonchev–Trinajstić information content (AvgIpc) is 2.46. The molecule has 6 heteroatoms. The lowest BCUT2D eigenvalue weighted by Gasteiger charge is -2.08. The zero-order valence-electron chi connectivity index (χ0n) is 10.8. The molecular formula is C14H13ClN2O2S. The van der Waals surface area contributed by atoms with Gasteiger partial charge < -0.3 is 5.32 Å². The molecule has 2 aromatic carbocycles. The maximum atomic E-state index is 11.0. The summed E-state index contributed by atoms with van der Waals surface area (Å²) in [6.07, 6.45) is 2.00. The van der Waals surface area contributed by atoms with E-state index in [1.807, 2.05) is 30.5 Å². The van der Waals surface area contributed by atoms with Crippen LogP contribution in [0.15, 0.2) is 47.4 Å². The summed E-state index contributed by atoms with van der Waals surface area (Å²) in [4.78, 5) is 11.7. The van der Waals surface area contributed by atoms with Gasteiger partial charge in [0.05, 0.1) is 4.92 Å². The fourth-order valence-electron chi connectivity index (χ4n) is 1.79. The lowest BCUT2D eigenvalue weighted by molar-refractivity contribution is -0.385. The van der Waals surface area contributed by atoms with Crippen molar-refractivity contribution in [2.75, 3.05) is 11.6 Å². The Morgan fingerprint density at radius 1 is 1.30 bits per heavy atom. The molecule has 0 saturated carbocycles. The standard InChI is InChI=1S/C14H13ClN2O2S/c1-20-13-4-2-3-12(8-13)16-9-10-5-6-11(15)7-14(10)17(18)19/h2-8,16H,9H2,1H3. The van der Waals surface area contributed by atoms with Gasteiger partial charge in [-0.3, -0.25) is 10.1 Å². The van der Waals surface area contributed by atoms with Crippen LogP contribution in [0.5, 0.6) is 0 Å². The summed E-state index contributed by atoms with van der Waals surface area (Å²) in [6, 6.07) is 12.6. The number of rotatable bonds is 5. The first-order chi connectivity index (χ1) is 9.60. The molecule has 0 bridgehead atoms. The van der Waals surface area contributed by atoms with Crippen molar-refractivity contribution in [2.45, 2.75) is 11.4 Å². The van der Waals surface area contributed by atoms with E-state index in [9.17, 15) is 10.1 Å². The fraction of sp³-hybridized carbons (Fsp3) is 0.143. The van der Waals surface area contributed by atoms with Crippen LogP contribution in [0.25, 0.3) is 0 Å². The molecule has 0 radical (unpaired) electrons. The molecular weight excluding hydrogens is 296 g/mol. The third-order valence-corrected chi connectivity index (χ3v) is 3.76. The van der Waals surface area contributed by atoms with E-state index in [0.717, 1.165) is 10.6 Å². The van der Waals surface area contributed by atoms with Crippen molar-refractivity contribution in [2.24, 2.45) is 0 Å². The number of hydrogen-bond acceptors (Lipinski definition) is 4. The van der Waals surface area contributed by atoms with Crippen LogP contribution in [-0.2, 0) is 6.54 Å². The van der Waals surface area contributed by atoms with E-state index in [4.69, 9.17) is 11.6 Å². The van der Waals surface area contributed by atoms with E-state index in [1.54, 1.807) is 23.9 Å². The third kappa shape index (κ3) is 3.65. The minimum absolute atomic E-state index is 0.0334. The monoisotopic (exact) mass is 308 g/mol. The van der Waals surface area contributed by atoms with Crippen molar-refractivity contribution >= 4 is 34.7 Å². The molecule has 0 aliphatic heterocycles. The van der Waals surface area contributed by atoms with E-state index < -0.39 is 4.92 Å². The smallest absolute Gasteiger partial charge is 0.275 e. The Morgan fingerprint density at radius 3 is 2.80 bits per heavy atom. The van der Waals surface area contributed by atoms with Gasteiger partial charge in [-0.25, -0.2) is 0 Å². The topological polar surface area (TPSA) is 55.2 Å². The number of thioether (sulfide) groups is 1. The van der Waals surface area contributed by atoms with Gasteiger partial charge >= 0.3 is 0 Å². The Hall–Kier alpha value is -1.72. The number of hydrogen-bond donors (Lipinski definition) is 1. The van der Waals surface area contributed by atoms with Crippen molar-refractivity contribution < 1.29 is 4.92 Å². The van der Waals surface area contributed by atoms with Crippen molar-refractivity contribution in [3.63, 3.8) is 0 Å². The highest BCUT2D eigenvalue weighted by Crippen LogP contribution is 2.25. The lowest BCUT2D eigenvalue weighted by Crippen LogP contribution is -2.03. The Morgan fingerprint density at radius 2 is 2.10 bits per heavy atom. The van der Waals surface area contributed by atoms with Crippen molar-refractivity contribution in [1.82, 2.24) is 0 Å². The molecule has 2 rings (SSSR count). The maximum Gasteiger partial charge on any atom is 0.275 e. The molecule has 0 amide bonds. The van der Waals surface area contributed by atoms with Crippen LogP contribution in [0.2, 0.25) is 5.02 Å². The van der Waals surface area contributed by atoms with Gasteiger partial charge in [-0.1, -0.05) is 17.7 Å². The maximum absolute atomic E-state index is 11.0. The number of anilines is 1. The van der Waals surface area contributed by atoms with E-state index in [2.05, 4.69) is 5.32 Å². The van der Waals surface area contributed by atoms with Gasteiger partial charge in [0.15, 0.2) is 0 Å². The molecule has 1 N–H and O–H groups in total. The lowest BCUT2D eigenvalue weighted by atomic mass is 10.1. The van der Waals surface area contributed by atoms with Gasteiger partial charge in [0, 0.05) is 33.8 Å². The van der Waals surface area contributed by atoms with E-state index in [0.29, 0.717) is 17.1 Å². The summed E-state index contributed by atoms with van der Waals surface area (Å²) < 4.78 is 0. The summed E-state index contributed by atoms with van der Waals surface area (Å²) in [6.45, 7) is 0.380. The predicted octanol–water partition coefficient (Wildman–Crippen LogP) is 4.58. The summed E-state index contributed by atoms with van der Waals surface area (Å²) >= 11 is 7.44. The normalized spacial score (nSPS) is 10.3. The average molecular weight is 309 g/mol. The van der Waals surface area contributed by atoms with E-state index in [-0.39, 0.29) is 5.69 Å². The van der Waals surface area contributed by atoms with Crippen LogP contribution in [0.1, 0.15) is 5.56 Å². The number of nitro groups is 1. The highest BCUT2D eigenvalue weighted by atomic mass is 35.5. The number of nitro benzene ring substituents is 1. The largest absolute Gasteiger partial charge is 0.381 e. The second-order valence-electron chi connectivity index (χ2n) is 4.12. The molecule has 0 fully saturated rings. The minimum atomic E-state index is -0.415. The second-order valence-corrected chi connectivity index (χ2v) is 5.43. The number of benzene rings is 2. The summed E-state index contributed by atoms with van der Waals surface area (Å²) in [5.74, 6) is 0. The molecule has 4 nitrogen and oxygen atoms in total. The summed E-state index contributed by atoms with van der Waals surface area (Å²) in [5, 5.41) is 14.6. The first-order valence-corrected chi connectivity index (χ1v) is 7.51. The summed E-state index contributed by atoms with van der Waals surface area (Å²) in [7, 11) is 0. The van der Waals surface area contributed by atoms with Gasteiger partial charge in [0.2, 0.25) is 0 Å². The van der Waals surface area contributed by atoms with Gasteiger partial charge in [0.25, 0.3) is 5.69 Å². The van der Waals surface area contributed by atoms with Gasteiger partial charge in [-0.15, -0.1) is 11.8 Å². The van der Waals surface area contributed by atoms with Gasteiger partial charge in [-0.2, -0.15) is 0 Å². The highest BCUT2D eigenvalue weighted by molar-refractivity contribution is 7.98. The quantitative estimate of drug-likeness (QED) is 0.499. The number of halogens is 1. The number of nitrogens with one attached hydrogen (secondary N) is 1. The number of nitrogens with zero attached hydrogens (tertiary/aromatic N) is 1. The fourth-order valence-corrected chi connectivity index (χ4v) is 2.41. The minimum Gasteiger partial charge on any atom is -0.381 e. The van der Waals surface area contributed by atoms with E-state index >= 15 is 0 Å². The van der Waals surface area contributed by atoms with Crippen LogP contribution in [-0.4, -0.2) is 11.2 Å². The van der Waals surface area contributed by atoms with Gasteiger partial charge in [-0.05, 0) is 36.6 Å². The first-order valence-electron chi connectivity index (χ1n) is 5.91. The van der Waals surface area contributed by atoms with Crippen LogP contribution in [0.4, 0.5) is 11.4 Å². The molecule has 20 heavy (non-hydrogen) atoms. The Labute approximate surface area is 126 Å². The Balaban J connectivity index is 2.16. The van der Waals surface area contributed by atoms with Crippen molar-refractivity contribution in [1.29, 1.82) is 0 Å². The highest BCUT2D eigenvalue weighted by Gasteiger charge is 2.13. The molecule has 0 aliphatic rings. The summed E-state index contributed by atoms with van der Waals surface area (Å²) in [5.41, 5.74) is 1.57. The third-order valence-electron chi connectivity index (χ3n) is 2.80. The molecule has 0 heterocycles. The zero-order chi connectivity index (χ0) is 14.5. The molecule has 0 aliphatic carbocycles. The van der Waals surface area contributed by atoms with Crippen molar-refractivity contribution in [3.8, 4) is 0 Å². The van der Waals surface area contributed by atoms with Crippen molar-refractivity contribution in [3.05, 3.63) is 63.2 Å². The first kappa shape index (κ1) is 14.7. The second kappa shape index (κ2) is 6.63.